The van der Waals surface area contributed by atoms with Gasteiger partial charge in [-0.25, -0.2) is 23.7 Å². The van der Waals surface area contributed by atoms with Gasteiger partial charge in [0.05, 0.1) is 17.6 Å². The monoisotopic (exact) mass is 532 g/mol. The second-order valence-corrected chi connectivity index (χ2v) is 9.22. The minimum absolute atomic E-state index is 0.108. The third kappa shape index (κ3) is 6.20. The van der Waals surface area contributed by atoms with Crippen LogP contribution >= 0.6 is 0 Å². The second-order valence-electron chi connectivity index (χ2n) is 9.22. The number of ether oxygens (including phenoxy) is 1. The molecule has 4 heterocycles. The van der Waals surface area contributed by atoms with Gasteiger partial charge in [-0.05, 0) is 17.2 Å². The van der Waals surface area contributed by atoms with Crippen LogP contribution in [0.1, 0.15) is 11.1 Å². The zero-order valence-electron chi connectivity index (χ0n) is 21.5. The number of nitrogens with zero attached hydrogens (tertiary/aromatic N) is 6. The normalized spacial score (nSPS) is 18.3. The molecule has 0 radical (unpaired) electrons. The Morgan fingerprint density at radius 1 is 1.13 bits per heavy atom. The number of hydrogen-bond donors (Lipinski definition) is 2. The molecule has 1 fully saturated rings. The van der Waals surface area contributed by atoms with Crippen molar-refractivity contribution in [3.05, 3.63) is 78.5 Å². The van der Waals surface area contributed by atoms with Crippen LogP contribution in [0.3, 0.4) is 0 Å². The molecule has 9 nitrogen and oxygen atoms in total. The van der Waals surface area contributed by atoms with E-state index in [0.29, 0.717) is 36.9 Å². The average molecular weight is 533 g/mol. The lowest BCUT2D eigenvalue weighted by atomic mass is 10.1. The van der Waals surface area contributed by atoms with Crippen molar-refractivity contribution < 1.29 is 13.5 Å². The number of aromatic nitrogens is 4. The number of imidazole rings is 1. The predicted molar refractivity (Wildman–Crippen MR) is 148 cm³/mol. The van der Waals surface area contributed by atoms with Gasteiger partial charge in [0, 0.05) is 69.5 Å². The molecule has 5 rings (SSSR count). The third-order valence-electron chi connectivity index (χ3n) is 6.56. The summed E-state index contributed by atoms with van der Waals surface area (Å²) < 4.78 is 34.4. The fourth-order valence-corrected chi connectivity index (χ4v) is 4.47. The first-order chi connectivity index (χ1) is 19.0. The number of benzene rings is 1. The molecule has 0 unspecified atom stereocenters. The van der Waals surface area contributed by atoms with E-state index in [4.69, 9.17) is 10.5 Å². The Bertz CT molecular complexity index is 1460. The molecule has 202 valence electrons. The summed E-state index contributed by atoms with van der Waals surface area (Å²) in [6.07, 6.45) is 5.57. The molecule has 0 spiro atoms. The molecule has 4 aromatic rings. The SMILES string of the molecule is CN=C/C(=C\N)c1ccc(CNc2cc(-c3cnc4cc(OCCN5C[C@@H](F)[C@@H](F)C5)ccn34)ncn2)cc1. The average Bonchev–Trinajstić information content (AvgIpc) is 3.52. The van der Waals surface area contributed by atoms with Crippen LogP contribution in [-0.2, 0) is 6.54 Å². The number of anilines is 1. The lowest BCUT2D eigenvalue weighted by molar-refractivity contribution is 0.217. The Morgan fingerprint density at radius 2 is 1.92 bits per heavy atom. The Morgan fingerprint density at radius 3 is 2.67 bits per heavy atom. The molecule has 0 bridgehead atoms. The van der Waals surface area contributed by atoms with Crippen LogP contribution in [0.15, 0.2) is 72.4 Å². The van der Waals surface area contributed by atoms with Crippen LogP contribution in [0.5, 0.6) is 5.75 Å². The van der Waals surface area contributed by atoms with Gasteiger partial charge in [-0.2, -0.15) is 0 Å². The Balaban J connectivity index is 1.21. The van der Waals surface area contributed by atoms with E-state index in [9.17, 15) is 8.78 Å². The van der Waals surface area contributed by atoms with Gasteiger partial charge >= 0.3 is 0 Å². The molecule has 3 aromatic heterocycles. The van der Waals surface area contributed by atoms with Gasteiger partial charge in [0.2, 0.25) is 0 Å². The molecule has 1 aliphatic rings. The number of rotatable bonds is 10. The molecule has 0 amide bonds. The number of nitrogens with two attached hydrogens (primary N) is 1. The number of allylic oxidation sites excluding steroid dienone is 1. The van der Waals surface area contributed by atoms with Crippen molar-refractivity contribution in [2.24, 2.45) is 10.7 Å². The van der Waals surface area contributed by atoms with E-state index >= 15 is 0 Å². The Hall–Kier alpha value is -4.38. The smallest absolute Gasteiger partial charge is 0.145 e. The highest BCUT2D eigenvalue weighted by Crippen LogP contribution is 2.24. The van der Waals surface area contributed by atoms with Crippen molar-refractivity contribution in [1.82, 2.24) is 24.3 Å². The summed E-state index contributed by atoms with van der Waals surface area (Å²) in [6.45, 7) is 1.61. The van der Waals surface area contributed by atoms with Gasteiger partial charge in [-0.15, -0.1) is 0 Å². The maximum Gasteiger partial charge on any atom is 0.145 e. The highest BCUT2D eigenvalue weighted by Gasteiger charge is 2.32. The standard InChI is InChI=1S/C28H30F2N8O/c1-32-14-21(12-31)20-4-2-19(3-5-20)13-33-27-11-25(35-18-36-27)26-15-34-28-10-22(6-7-38(26)28)39-9-8-37-16-23(29)24(30)17-37/h2-7,10-12,14-15,18,23-24H,8-9,13,16-17,31H2,1H3,(H,33,35,36)/b21-12+,32-14?/t23-,24+. The van der Waals surface area contributed by atoms with E-state index in [-0.39, 0.29) is 13.1 Å². The topological polar surface area (TPSA) is 106 Å². The van der Waals surface area contributed by atoms with Crippen LogP contribution in [-0.4, -0.2) is 76.1 Å². The first-order valence-corrected chi connectivity index (χ1v) is 12.6. The molecule has 0 saturated carbocycles. The highest BCUT2D eigenvalue weighted by molar-refractivity contribution is 6.09. The summed E-state index contributed by atoms with van der Waals surface area (Å²) in [5.74, 6) is 1.33. The highest BCUT2D eigenvalue weighted by atomic mass is 19.2. The van der Waals surface area contributed by atoms with Crippen molar-refractivity contribution in [2.45, 2.75) is 18.9 Å². The first-order valence-electron chi connectivity index (χ1n) is 12.6. The van der Waals surface area contributed by atoms with Crippen molar-refractivity contribution >= 4 is 23.3 Å². The zero-order valence-corrected chi connectivity index (χ0v) is 21.5. The predicted octanol–water partition coefficient (Wildman–Crippen LogP) is 3.77. The first kappa shape index (κ1) is 26.2. The Kier molecular flexibility index (Phi) is 8.07. The minimum atomic E-state index is -1.41. The van der Waals surface area contributed by atoms with E-state index in [1.807, 2.05) is 53.1 Å². The zero-order chi connectivity index (χ0) is 27.2. The van der Waals surface area contributed by atoms with Gasteiger partial charge in [0.15, 0.2) is 0 Å². The van der Waals surface area contributed by atoms with Gasteiger partial charge in [-0.1, -0.05) is 24.3 Å². The number of aliphatic imine (C=N–C) groups is 1. The van der Waals surface area contributed by atoms with E-state index in [1.54, 1.807) is 24.4 Å². The molecule has 2 atom stereocenters. The van der Waals surface area contributed by atoms with Gasteiger partial charge in [0.1, 0.15) is 42.5 Å². The number of hydrogen-bond acceptors (Lipinski definition) is 8. The van der Waals surface area contributed by atoms with Crippen LogP contribution in [0, 0.1) is 0 Å². The van der Waals surface area contributed by atoms with E-state index in [0.717, 1.165) is 28.1 Å². The van der Waals surface area contributed by atoms with Gasteiger partial charge in [-0.3, -0.25) is 14.3 Å². The lowest BCUT2D eigenvalue weighted by Crippen LogP contribution is -2.26. The van der Waals surface area contributed by atoms with E-state index in [1.165, 1.54) is 12.5 Å². The maximum atomic E-state index is 13.4. The number of fused-ring (bicyclic) bond motifs is 1. The van der Waals surface area contributed by atoms with Crippen LogP contribution in [0.4, 0.5) is 14.6 Å². The number of halogens is 2. The summed E-state index contributed by atoms with van der Waals surface area (Å²) in [5.41, 5.74) is 10.9. The second kappa shape index (κ2) is 12.0. The summed E-state index contributed by atoms with van der Waals surface area (Å²) in [7, 11) is 1.71. The maximum absolute atomic E-state index is 13.4. The van der Waals surface area contributed by atoms with Crippen LogP contribution in [0.25, 0.3) is 22.6 Å². The number of likely N-dealkylation sites (tertiary alicyclic amines) is 1. The largest absolute Gasteiger partial charge is 0.492 e. The van der Waals surface area contributed by atoms with Crippen LogP contribution in [0.2, 0.25) is 0 Å². The molecule has 1 aromatic carbocycles. The Labute approximate surface area is 225 Å². The fraction of sp³-hybridized carbons (Fsp3) is 0.286. The van der Waals surface area contributed by atoms with Gasteiger partial charge in [0.25, 0.3) is 0 Å². The minimum Gasteiger partial charge on any atom is -0.492 e. The van der Waals surface area contributed by atoms with Crippen molar-refractivity contribution in [2.75, 3.05) is 38.6 Å². The summed E-state index contributed by atoms with van der Waals surface area (Å²) in [5, 5.41) is 3.34. The third-order valence-corrected chi connectivity index (χ3v) is 6.56. The van der Waals surface area contributed by atoms with Crippen LogP contribution < -0.4 is 15.8 Å². The molecule has 1 aliphatic heterocycles. The quantitative estimate of drug-likeness (QED) is 0.300. The number of nitrogens with one attached hydrogen (secondary N) is 1. The fourth-order valence-electron chi connectivity index (χ4n) is 4.47. The lowest BCUT2D eigenvalue weighted by Gasteiger charge is -2.14. The summed E-state index contributed by atoms with van der Waals surface area (Å²) in [6, 6.07) is 13.6. The molecule has 0 aliphatic carbocycles. The summed E-state index contributed by atoms with van der Waals surface area (Å²) >= 11 is 0. The molecule has 11 heteroatoms. The molecular weight excluding hydrogens is 502 g/mol. The van der Waals surface area contributed by atoms with Crippen molar-refractivity contribution in [1.29, 1.82) is 0 Å². The number of pyridine rings is 1. The van der Waals surface area contributed by atoms with Gasteiger partial charge < -0.3 is 15.8 Å². The molecule has 3 N–H and O–H groups in total. The van der Waals surface area contributed by atoms with Crippen molar-refractivity contribution in [3.8, 4) is 17.1 Å². The van der Waals surface area contributed by atoms with E-state index in [2.05, 4.69) is 25.3 Å². The molecule has 39 heavy (non-hydrogen) atoms. The summed E-state index contributed by atoms with van der Waals surface area (Å²) in [4.78, 5) is 19.0. The van der Waals surface area contributed by atoms with E-state index < -0.39 is 12.3 Å². The molecule has 1 saturated heterocycles. The molecular formula is C28H30F2N8O. The van der Waals surface area contributed by atoms with Crippen molar-refractivity contribution in [3.63, 3.8) is 0 Å². The number of alkyl halides is 2.